The summed E-state index contributed by atoms with van der Waals surface area (Å²) >= 11 is 1.45. The first-order valence-electron chi connectivity index (χ1n) is 36.8. The fourth-order valence-corrected chi connectivity index (χ4v) is 13.7. The van der Waals surface area contributed by atoms with E-state index in [1.165, 1.54) is 21.6 Å². The predicted molar refractivity (Wildman–Crippen MR) is 409 cm³/mol. The molecule has 0 aromatic heterocycles. The number of primary amides is 3. The standard InChI is InChI=1S/C76H108N18O13S/c1-46(2)43-56(68(100)85-52(65(81)97)37-42-108-3)91-73(105)64(63(49-25-12-6-13-26-49)50-27-14-7-15-28-50)92-70(102)58(45-48-23-10-5-11-24-48)90-69(101)57(44-47-21-8-4-9-22-47)89-67(99)53(33-35-61(79)95)86-66(98)54(34-36-62(80)96)87-71(103)60-32-20-41-94(60)75(107)55(30-16-17-38-77)88-72(104)59-31-19-40-93(59)74(106)51(78)29-18-39-84-76(82)83/h4-15,21-28,46,51-60,63-64H,16-20,29-45,77-78H2,1-3H3,(H2,79,95)(H2,80,96)(H2,81,97)(H,85,100)(H,86,98)(H,87,103)(H,88,104)(H,89,99)(H,90,101)(H,91,105)(H,92,102)(H4,82,83,84)/t51-,52-,53-,54-,55-,56-,57-,58-,59-,60-,64-/m0/s1. The Kier molecular flexibility index (Phi) is 35.7. The number of nitrogens with two attached hydrogens (primary N) is 7. The number of aliphatic imine (C=N–C) groups is 1. The molecule has 13 amide bonds. The van der Waals surface area contributed by atoms with Gasteiger partial charge in [0.15, 0.2) is 5.96 Å². The van der Waals surface area contributed by atoms with Crippen molar-refractivity contribution in [2.45, 2.75) is 195 Å². The van der Waals surface area contributed by atoms with Crippen LogP contribution >= 0.6 is 11.8 Å². The van der Waals surface area contributed by atoms with Crippen LogP contribution in [0, 0.1) is 5.92 Å². The van der Waals surface area contributed by atoms with E-state index >= 15 is 19.2 Å². The normalized spacial score (nSPS) is 16.5. The second kappa shape index (κ2) is 44.6. The zero-order chi connectivity index (χ0) is 78.8. The molecule has 2 fully saturated rings. The minimum atomic E-state index is -1.68. The Hall–Kier alpha value is -10.5. The number of likely N-dealkylation sites (tertiary alicyclic amines) is 2. The zero-order valence-corrected chi connectivity index (χ0v) is 62.5. The summed E-state index contributed by atoms with van der Waals surface area (Å²) in [6.07, 6.45) is 2.80. The Morgan fingerprint density at radius 1 is 0.472 bits per heavy atom. The number of hydrogen-bond donors (Lipinski definition) is 15. The minimum Gasteiger partial charge on any atom is -0.370 e. The quantitative estimate of drug-likeness (QED) is 0.0151. The maximum atomic E-state index is 15.5. The number of nitrogens with one attached hydrogen (secondary N) is 8. The fraction of sp³-hybridized carbons (Fsp3) is 0.500. The lowest BCUT2D eigenvalue weighted by atomic mass is 9.84. The van der Waals surface area contributed by atoms with E-state index in [0.29, 0.717) is 66.5 Å². The maximum absolute atomic E-state index is 15.5. The van der Waals surface area contributed by atoms with Gasteiger partial charge in [-0.2, -0.15) is 11.8 Å². The van der Waals surface area contributed by atoms with E-state index in [4.69, 9.17) is 40.1 Å². The van der Waals surface area contributed by atoms with Crippen molar-refractivity contribution in [3.63, 3.8) is 0 Å². The van der Waals surface area contributed by atoms with Gasteiger partial charge in [-0.05, 0) is 130 Å². The Balaban J connectivity index is 1.29. The second-order valence-electron chi connectivity index (χ2n) is 27.6. The molecular formula is C76H108N18O13S. The van der Waals surface area contributed by atoms with Crippen LogP contribution in [0.3, 0.4) is 0 Å². The van der Waals surface area contributed by atoms with E-state index in [0.717, 1.165) is 0 Å². The summed E-state index contributed by atoms with van der Waals surface area (Å²) in [5, 5.41) is 22.2. The highest BCUT2D eigenvalue weighted by atomic mass is 32.2. The van der Waals surface area contributed by atoms with Gasteiger partial charge in [-0.1, -0.05) is 135 Å². The summed E-state index contributed by atoms with van der Waals surface area (Å²) in [4.78, 5) is 192. The van der Waals surface area contributed by atoms with Gasteiger partial charge in [0, 0.05) is 51.2 Å². The average Bonchev–Trinajstić information content (AvgIpc) is 1.54. The highest BCUT2D eigenvalue weighted by molar-refractivity contribution is 7.98. The van der Waals surface area contributed by atoms with Gasteiger partial charge in [0.05, 0.1) is 6.04 Å². The maximum Gasteiger partial charge on any atom is 0.245 e. The molecule has 0 bridgehead atoms. The van der Waals surface area contributed by atoms with Crippen LogP contribution in [-0.2, 0) is 75.2 Å². The number of thioether (sulfide) groups is 1. The molecule has 0 aliphatic carbocycles. The highest BCUT2D eigenvalue weighted by Crippen LogP contribution is 2.30. The molecule has 2 aliphatic rings. The van der Waals surface area contributed by atoms with Crippen molar-refractivity contribution < 1.29 is 62.3 Å². The zero-order valence-electron chi connectivity index (χ0n) is 61.7. The molecule has 108 heavy (non-hydrogen) atoms. The third kappa shape index (κ3) is 27.7. The van der Waals surface area contributed by atoms with E-state index in [9.17, 15) is 43.2 Å². The van der Waals surface area contributed by atoms with Crippen molar-refractivity contribution in [2.75, 3.05) is 38.2 Å². The molecule has 0 radical (unpaired) electrons. The first-order chi connectivity index (χ1) is 51.7. The van der Waals surface area contributed by atoms with Crippen LogP contribution in [0.15, 0.2) is 126 Å². The van der Waals surface area contributed by atoms with Gasteiger partial charge < -0.3 is 92.5 Å². The van der Waals surface area contributed by atoms with Crippen LogP contribution in [0.1, 0.15) is 138 Å². The molecule has 4 aromatic rings. The molecule has 0 spiro atoms. The first-order valence-corrected chi connectivity index (χ1v) is 38.2. The van der Waals surface area contributed by atoms with Crippen LogP contribution < -0.4 is 82.7 Å². The monoisotopic (exact) mass is 1510 g/mol. The van der Waals surface area contributed by atoms with Gasteiger partial charge in [0.25, 0.3) is 0 Å². The van der Waals surface area contributed by atoms with Crippen LogP contribution in [-0.4, -0.2) is 197 Å². The Morgan fingerprint density at radius 3 is 1.36 bits per heavy atom. The predicted octanol–water partition coefficient (Wildman–Crippen LogP) is -0.510. The lowest BCUT2D eigenvalue weighted by molar-refractivity contribution is -0.144. The van der Waals surface area contributed by atoms with Gasteiger partial charge in [-0.25, -0.2) is 0 Å². The lowest BCUT2D eigenvalue weighted by Gasteiger charge is -2.32. The van der Waals surface area contributed by atoms with Crippen molar-refractivity contribution in [3.8, 4) is 0 Å². The summed E-state index contributed by atoms with van der Waals surface area (Å²) in [5.74, 6) is -11.0. The third-order valence-corrected chi connectivity index (χ3v) is 19.5. The molecule has 11 atom stereocenters. The molecule has 2 aliphatic heterocycles. The molecule has 0 saturated carbocycles. The Labute approximate surface area is 634 Å². The number of carbonyl (C=O) groups excluding carboxylic acids is 13. The molecule has 31 nitrogen and oxygen atoms in total. The van der Waals surface area contributed by atoms with Crippen LogP contribution in [0.2, 0.25) is 0 Å². The minimum absolute atomic E-state index is 0.0632. The van der Waals surface area contributed by atoms with Gasteiger partial charge in [-0.15, -0.1) is 0 Å². The van der Waals surface area contributed by atoms with Gasteiger partial charge in [-0.3, -0.25) is 67.3 Å². The summed E-state index contributed by atoms with van der Waals surface area (Å²) in [7, 11) is 0. The van der Waals surface area contributed by atoms with E-state index in [-0.39, 0.29) is 83.0 Å². The summed E-state index contributed by atoms with van der Waals surface area (Å²) in [6.45, 7) is 4.53. The summed E-state index contributed by atoms with van der Waals surface area (Å²) in [6, 6.07) is 20.4. The summed E-state index contributed by atoms with van der Waals surface area (Å²) < 4.78 is 0. The number of hydrogen-bond acceptors (Lipinski definition) is 17. The van der Waals surface area contributed by atoms with E-state index in [1.54, 1.807) is 121 Å². The van der Waals surface area contributed by atoms with E-state index < -0.39 is 175 Å². The van der Waals surface area contributed by atoms with Crippen LogP contribution in [0.5, 0.6) is 0 Å². The molecule has 22 N–H and O–H groups in total. The lowest BCUT2D eigenvalue weighted by Crippen LogP contribution is -2.61. The van der Waals surface area contributed by atoms with Gasteiger partial charge in [0.1, 0.15) is 60.4 Å². The number of guanidine groups is 1. The van der Waals surface area contributed by atoms with Crippen molar-refractivity contribution in [1.82, 2.24) is 52.3 Å². The van der Waals surface area contributed by atoms with E-state index in [1.807, 2.05) is 20.1 Å². The molecule has 0 unspecified atom stereocenters. The highest BCUT2D eigenvalue weighted by Gasteiger charge is 2.43. The van der Waals surface area contributed by atoms with Crippen molar-refractivity contribution in [3.05, 3.63) is 144 Å². The first kappa shape index (κ1) is 86.4. The molecular weight excluding hydrogens is 1410 g/mol. The molecule has 32 heteroatoms. The summed E-state index contributed by atoms with van der Waals surface area (Å²) in [5.41, 5.74) is 42.2. The number of rotatable bonds is 45. The number of carbonyl (C=O) groups is 13. The number of nitrogens with zero attached hydrogens (tertiary/aromatic N) is 3. The van der Waals surface area contributed by atoms with E-state index in [2.05, 4.69) is 47.5 Å². The smallest absolute Gasteiger partial charge is 0.245 e. The number of amides is 13. The van der Waals surface area contributed by atoms with Crippen LogP contribution in [0.25, 0.3) is 0 Å². The molecule has 2 heterocycles. The molecule has 2 saturated heterocycles. The van der Waals surface area contributed by atoms with Crippen molar-refractivity contribution in [2.24, 2.45) is 51.0 Å². The number of unbranched alkanes of at least 4 members (excludes halogenated alkanes) is 1. The second-order valence-corrected chi connectivity index (χ2v) is 28.6. The molecule has 6 rings (SSSR count). The average molecular weight is 1510 g/mol. The molecule has 4 aromatic carbocycles. The Bertz CT molecular complexity index is 3650. The Morgan fingerprint density at radius 2 is 0.898 bits per heavy atom. The largest absolute Gasteiger partial charge is 0.370 e. The van der Waals surface area contributed by atoms with Crippen molar-refractivity contribution >= 4 is 94.5 Å². The van der Waals surface area contributed by atoms with Crippen LogP contribution in [0.4, 0.5) is 0 Å². The topological polar surface area (TPSA) is 519 Å². The fourth-order valence-electron chi connectivity index (χ4n) is 13.2. The number of benzene rings is 4. The third-order valence-electron chi connectivity index (χ3n) is 18.8. The van der Waals surface area contributed by atoms with Gasteiger partial charge >= 0.3 is 0 Å². The SMILES string of the molecule is CSCC[C@H](NC(=O)[C@H](CC(C)C)NC(=O)[C@@H](NC(=O)[C@H](Cc1ccccc1)NC(=O)[C@H](Cc1ccccc1)NC(=O)[C@H](CCC(N)=O)NC(=O)[C@H](CCC(N)=O)NC(=O)[C@@H]1CCCN1C(=O)[C@H](CCCCN)NC(=O)[C@@H]1CCCN1C(=O)[C@@H](N)CCCN=C(N)N)C(c1ccccc1)c1ccccc1)C(N)=O. The van der Waals surface area contributed by atoms with Gasteiger partial charge in [0.2, 0.25) is 76.8 Å². The molecule has 586 valence electrons. The van der Waals surface area contributed by atoms with Crippen molar-refractivity contribution in [1.29, 1.82) is 0 Å².